The summed E-state index contributed by atoms with van der Waals surface area (Å²) in [6.07, 6.45) is 13.4. The standard InChI is InChI=1S/C26H32FN5O5/c1-2-26(13-33)18(9-19(37-26)32-14-29-20-21(28)30-23(27)31-22(20)32)36-24(34)35-5-3-4-25-10-15-6-16(11-25)8-17(7-15)12-25/h1,14-19,33H,3-13H2,(H2,28,30,31)/t15?,16?,17?,18-,19+,25?,26+/m0/s1. The Hall–Kier alpha value is -2.97. The molecule has 37 heavy (non-hydrogen) atoms. The van der Waals surface area contributed by atoms with Gasteiger partial charge in [0.1, 0.15) is 6.23 Å². The van der Waals surface area contributed by atoms with Crippen LogP contribution in [0.2, 0.25) is 0 Å². The molecule has 0 radical (unpaired) electrons. The molecule has 11 heteroatoms. The Bertz CT molecular complexity index is 1210. The number of anilines is 1. The lowest BCUT2D eigenvalue weighted by atomic mass is 9.48. The molecule has 3 atom stereocenters. The maximum Gasteiger partial charge on any atom is 0.508 e. The van der Waals surface area contributed by atoms with Crippen LogP contribution in [-0.2, 0) is 14.2 Å². The van der Waals surface area contributed by atoms with Crippen LogP contribution in [0, 0.1) is 41.6 Å². The molecule has 7 rings (SSSR count). The van der Waals surface area contributed by atoms with Gasteiger partial charge in [-0.3, -0.25) is 4.57 Å². The highest BCUT2D eigenvalue weighted by Crippen LogP contribution is 2.61. The second-order valence-electron chi connectivity index (χ2n) is 11.4. The third kappa shape index (κ3) is 4.30. The summed E-state index contributed by atoms with van der Waals surface area (Å²) in [5.74, 6) is 4.95. The number of imidazole rings is 1. The van der Waals surface area contributed by atoms with E-state index in [0.717, 1.165) is 30.6 Å². The number of nitrogens with two attached hydrogens (primary N) is 1. The zero-order chi connectivity index (χ0) is 25.8. The van der Waals surface area contributed by atoms with E-state index in [4.69, 9.17) is 26.4 Å². The summed E-state index contributed by atoms with van der Waals surface area (Å²) in [7, 11) is 0. The number of halogens is 1. The van der Waals surface area contributed by atoms with Crippen LogP contribution in [0.15, 0.2) is 6.33 Å². The summed E-state index contributed by atoms with van der Waals surface area (Å²) in [5, 5.41) is 10.1. The van der Waals surface area contributed by atoms with Crippen molar-refractivity contribution in [1.82, 2.24) is 19.5 Å². The number of aromatic nitrogens is 4. The van der Waals surface area contributed by atoms with Gasteiger partial charge in [-0.1, -0.05) is 5.92 Å². The zero-order valence-electron chi connectivity index (χ0n) is 20.6. The number of carbonyl (C=O) groups is 1. The van der Waals surface area contributed by atoms with Crippen molar-refractivity contribution in [2.24, 2.45) is 23.2 Å². The summed E-state index contributed by atoms with van der Waals surface area (Å²) >= 11 is 0. The van der Waals surface area contributed by atoms with Crippen LogP contribution in [0.3, 0.4) is 0 Å². The lowest BCUT2D eigenvalue weighted by molar-refractivity contribution is -0.0982. The Morgan fingerprint density at radius 2 is 1.95 bits per heavy atom. The number of ether oxygens (including phenoxy) is 3. The van der Waals surface area contributed by atoms with Crippen LogP contribution in [0.5, 0.6) is 0 Å². The molecule has 1 saturated heterocycles. The Labute approximate surface area is 214 Å². The molecule has 4 bridgehead atoms. The van der Waals surface area contributed by atoms with Crippen molar-refractivity contribution in [2.45, 2.75) is 75.7 Å². The summed E-state index contributed by atoms with van der Waals surface area (Å²) in [4.78, 5) is 23.9. The van der Waals surface area contributed by atoms with E-state index in [-0.39, 0.29) is 30.0 Å². The first-order valence-electron chi connectivity index (χ1n) is 13.1. The fourth-order valence-electron chi connectivity index (χ4n) is 7.84. The monoisotopic (exact) mass is 513 g/mol. The fraction of sp³-hybridized carbons (Fsp3) is 0.692. The van der Waals surface area contributed by atoms with Gasteiger partial charge in [0.25, 0.3) is 0 Å². The highest BCUT2D eigenvalue weighted by molar-refractivity contribution is 5.81. The topological polar surface area (TPSA) is 135 Å². The van der Waals surface area contributed by atoms with Gasteiger partial charge in [-0.2, -0.15) is 14.4 Å². The SMILES string of the molecule is C#C[C@]1(CO)O[C@@H](n2cnc3c(N)nc(F)nc32)C[C@@H]1OC(=O)OCCCC12CC3CC(CC(C3)C1)C2. The predicted molar refractivity (Wildman–Crippen MR) is 129 cm³/mol. The van der Waals surface area contributed by atoms with E-state index >= 15 is 0 Å². The van der Waals surface area contributed by atoms with Crippen molar-refractivity contribution in [3.05, 3.63) is 12.4 Å². The first-order chi connectivity index (χ1) is 17.8. The van der Waals surface area contributed by atoms with Gasteiger partial charge in [0.05, 0.1) is 19.5 Å². The van der Waals surface area contributed by atoms with Crippen LogP contribution >= 0.6 is 0 Å². The first-order valence-corrected chi connectivity index (χ1v) is 13.1. The average molecular weight is 514 g/mol. The Morgan fingerprint density at radius 1 is 1.24 bits per heavy atom. The number of fused-ring (bicyclic) bond motifs is 1. The molecule has 198 valence electrons. The van der Waals surface area contributed by atoms with E-state index in [1.807, 2.05) is 0 Å². The third-order valence-corrected chi connectivity index (χ3v) is 8.97. The maximum absolute atomic E-state index is 13.8. The van der Waals surface area contributed by atoms with Gasteiger partial charge in [0.2, 0.25) is 0 Å². The van der Waals surface area contributed by atoms with Gasteiger partial charge in [-0.25, -0.2) is 9.78 Å². The number of nitrogen functional groups attached to an aromatic ring is 1. The minimum absolute atomic E-state index is 0.0735. The van der Waals surface area contributed by atoms with Crippen molar-refractivity contribution in [2.75, 3.05) is 18.9 Å². The second kappa shape index (κ2) is 9.10. The minimum Gasteiger partial charge on any atom is -0.434 e. The number of terminal acetylenes is 1. The molecule has 0 unspecified atom stereocenters. The lowest BCUT2D eigenvalue weighted by Crippen LogP contribution is -2.46. The summed E-state index contributed by atoms with van der Waals surface area (Å²) in [5.41, 5.74) is 4.86. The maximum atomic E-state index is 13.8. The number of rotatable bonds is 7. The first kappa shape index (κ1) is 24.4. The molecule has 2 aromatic rings. The molecule has 3 heterocycles. The van der Waals surface area contributed by atoms with Gasteiger partial charge in [0.15, 0.2) is 28.7 Å². The Morgan fingerprint density at radius 3 is 2.59 bits per heavy atom. The van der Waals surface area contributed by atoms with E-state index in [1.165, 1.54) is 49.4 Å². The van der Waals surface area contributed by atoms with E-state index < -0.39 is 36.8 Å². The predicted octanol–water partition coefficient (Wildman–Crippen LogP) is 3.35. The minimum atomic E-state index is -1.60. The molecule has 4 saturated carbocycles. The number of aliphatic hydroxyl groups excluding tert-OH is 1. The molecule has 10 nitrogen and oxygen atoms in total. The molecular weight excluding hydrogens is 481 g/mol. The van der Waals surface area contributed by atoms with Crippen LogP contribution in [0.1, 0.15) is 64.0 Å². The highest BCUT2D eigenvalue weighted by Gasteiger charge is 2.52. The molecule has 1 aliphatic heterocycles. The van der Waals surface area contributed by atoms with Crippen LogP contribution in [0.4, 0.5) is 15.0 Å². The lowest BCUT2D eigenvalue weighted by Gasteiger charge is -2.57. The molecule has 0 aromatic carbocycles. The van der Waals surface area contributed by atoms with E-state index in [0.29, 0.717) is 5.41 Å². The quantitative estimate of drug-likeness (QED) is 0.247. The van der Waals surface area contributed by atoms with Crippen LogP contribution < -0.4 is 5.73 Å². The van der Waals surface area contributed by atoms with Crippen molar-refractivity contribution in [1.29, 1.82) is 0 Å². The van der Waals surface area contributed by atoms with Crippen molar-refractivity contribution in [3.8, 4) is 12.3 Å². The molecule has 3 N–H and O–H groups in total. The number of aliphatic hydroxyl groups is 1. The molecular formula is C26H32FN5O5. The second-order valence-corrected chi connectivity index (χ2v) is 11.4. The molecule has 5 aliphatic rings. The number of nitrogens with zero attached hydrogens (tertiary/aromatic N) is 4. The van der Waals surface area contributed by atoms with E-state index in [9.17, 15) is 14.3 Å². The normalized spacial score (nSPS) is 36.1. The van der Waals surface area contributed by atoms with E-state index in [1.54, 1.807) is 0 Å². The Balaban J connectivity index is 1.07. The van der Waals surface area contributed by atoms with Gasteiger partial charge in [-0.15, -0.1) is 6.42 Å². The molecule has 5 fully saturated rings. The van der Waals surface area contributed by atoms with Gasteiger partial charge in [-0.05, 0) is 74.5 Å². The summed E-state index contributed by atoms with van der Waals surface area (Å²) in [6.45, 7) is -0.330. The van der Waals surface area contributed by atoms with Gasteiger partial charge in [0, 0.05) is 6.42 Å². The third-order valence-electron chi connectivity index (χ3n) is 8.97. The Kier molecular flexibility index (Phi) is 5.99. The van der Waals surface area contributed by atoms with Crippen LogP contribution in [-0.4, -0.2) is 55.7 Å². The van der Waals surface area contributed by atoms with Gasteiger partial charge >= 0.3 is 12.2 Å². The van der Waals surface area contributed by atoms with Crippen molar-refractivity contribution in [3.63, 3.8) is 0 Å². The zero-order valence-corrected chi connectivity index (χ0v) is 20.6. The summed E-state index contributed by atoms with van der Waals surface area (Å²) < 4.78 is 32.1. The number of carbonyl (C=O) groups excluding carboxylic acids is 1. The highest BCUT2D eigenvalue weighted by atomic mass is 19.1. The molecule has 0 spiro atoms. The van der Waals surface area contributed by atoms with Crippen molar-refractivity contribution >= 4 is 23.1 Å². The summed E-state index contributed by atoms with van der Waals surface area (Å²) in [6, 6.07) is 0. The number of hydrogen-bond donors (Lipinski definition) is 2. The largest absolute Gasteiger partial charge is 0.508 e. The van der Waals surface area contributed by atoms with E-state index in [2.05, 4.69) is 20.9 Å². The number of hydrogen-bond acceptors (Lipinski definition) is 9. The molecule has 0 amide bonds. The van der Waals surface area contributed by atoms with Gasteiger partial charge < -0.3 is 25.1 Å². The van der Waals surface area contributed by atoms with Crippen LogP contribution in [0.25, 0.3) is 11.2 Å². The molecule has 2 aromatic heterocycles. The molecule has 4 aliphatic carbocycles. The van der Waals surface area contributed by atoms with Crippen molar-refractivity contribution < 1.29 is 28.5 Å². The smallest absolute Gasteiger partial charge is 0.434 e. The fourth-order valence-corrected chi connectivity index (χ4v) is 7.84. The average Bonchev–Trinajstić information content (AvgIpc) is 3.43.